The number of rotatable bonds is 3. The zero-order valence-electron chi connectivity index (χ0n) is 12.3. The van der Waals surface area contributed by atoms with Gasteiger partial charge in [0.15, 0.2) is 0 Å². The topological polar surface area (TPSA) is 16.1 Å². The van der Waals surface area contributed by atoms with Crippen molar-refractivity contribution in [1.82, 2.24) is 9.88 Å². The highest BCUT2D eigenvalue weighted by atomic mass is 15.1. The van der Waals surface area contributed by atoms with E-state index in [-0.39, 0.29) is 0 Å². The molecule has 2 aromatic rings. The molecule has 1 aromatic heterocycles. The molecule has 2 atom stereocenters. The van der Waals surface area contributed by atoms with Gasteiger partial charge in [0.1, 0.15) is 0 Å². The minimum Gasteiger partial charge on any atom is -0.309 e. The summed E-state index contributed by atoms with van der Waals surface area (Å²) in [6.07, 6.45) is 6.36. The highest BCUT2D eigenvalue weighted by molar-refractivity contribution is 5.40. The molecule has 0 saturated heterocycles. The Morgan fingerprint density at radius 3 is 2.75 bits per heavy atom. The average molecular weight is 266 g/mol. The zero-order valence-corrected chi connectivity index (χ0v) is 12.3. The largest absolute Gasteiger partial charge is 0.309 e. The number of benzene rings is 1. The Morgan fingerprint density at radius 2 is 2.00 bits per heavy atom. The molecule has 1 heterocycles. The summed E-state index contributed by atoms with van der Waals surface area (Å²) in [5.74, 6) is 1.15. The second-order valence-electron chi connectivity index (χ2n) is 6.02. The van der Waals surface area contributed by atoms with Gasteiger partial charge < -0.3 is 4.90 Å². The fraction of sp³-hybridized carbons (Fsp3) is 0.389. The summed E-state index contributed by atoms with van der Waals surface area (Å²) in [6, 6.07) is 13.2. The molecule has 1 aromatic carbocycles. The standard InChI is InChI=1S/C18H22N2/c1-20(2)13-16-10-9-14-6-3-4-8-17(14)18(16)15-7-5-11-19-12-15/h3-8,11-12,16,18H,9-10,13H2,1-2H3. The van der Waals surface area contributed by atoms with E-state index in [0.29, 0.717) is 11.8 Å². The molecule has 0 fully saturated rings. The quantitative estimate of drug-likeness (QED) is 0.847. The van der Waals surface area contributed by atoms with Crippen LogP contribution in [0.4, 0.5) is 0 Å². The summed E-state index contributed by atoms with van der Waals surface area (Å²) in [5.41, 5.74) is 4.36. The Balaban J connectivity index is 2.03. The van der Waals surface area contributed by atoms with Gasteiger partial charge in [-0.1, -0.05) is 30.3 Å². The Kier molecular flexibility index (Phi) is 3.83. The van der Waals surface area contributed by atoms with Crippen LogP contribution in [0.25, 0.3) is 0 Å². The van der Waals surface area contributed by atoms with Crippen LogP contribution in [-0.4, -0.2) is 30.5 Å². The maximum atomic E-state index is 4.33. The molecule has 1 aliphatic carbocycles. The second-order valence-corrected chi connectivity index (χ2v) is 6.02. The zero-order chi connectivity index (χ0) is 13.9. The predicted octanol–water partition coefficient (Wildman–Crippen LogP) is 3.34. The smallest absolute Gasteiger partial charge is 0.0306 e. The highest BCUT2D eigenvalue weighted by Crippen LogP contribution is 2.40. The lowest BCUT2D eigenvalue weighted by Crippen LogP contribution is -2.30. The van der Waals surface area contributed by atoms with E-state index in [1.165, 1.54) is 29.5 Å². The molecule has 0 saturated carbocycles. The molecule has 20 heavy (non-hydrogen) atoms. The summed E-state index contributed by atoms with van der Waals surface area (Å²) in [7, 11) is 4.33. The van der Waals surface area contributed by atoms with Crippen LogP contribution in [-0.2, 0) is 6.42 Å². The number of aryl methyl sites for hydroxylation is 1. The normalized spacial score (nSPS) is 21.8. The molecule has 3 rings (SSSR count). The molecule has 0 amide bonds. The molecule has 2 heteroatoms. The van der Waals surface area contributed by atoms with Crippen LogP contribution in [0.3, 0.4) is 0 Å². The van der Waals surface area contributed by atoms with Gasteiger partial charge in [-0.15, -0.1) is 0 Å². The fourth-order valence-electron chi connectivity index (χ4n) is 3.50. The molecule has 0 radical (unpaired) electrons. The van der Waals surface area contributed by atoms with Gasteiger partial charge in [0.05, 0.1) is 0 Å². The third kappa shape index (κ3) is 2.61. The minimum atomic E-state index is 0.482. The fourth-order valence-corrected chi connectivity index (χ4v) is 3.50. The van der Waals surface area contributed by atoms with Crippen molar-refractivity contribution in [3.63, 3.8) is 0 Å². The number of hydrogen-bond donors (Lipinski definition) is 0. The monoisotopic (exact) mass is 266 g/mol. The van der Waals surface area contributed by atoms with Gasteiger partial charge in [-0.2, -0.15) is 0 Å². The predicted molar refractivity (Wildman–Crippen MR) is 82.9 cm³/mol. The first-order valence-corrected chi connectivity index (χ1v) is 7.38. The summed E-state index contributed by atoms with van der Waals surface area (Å²) in [5, 5.41) is 0. The van der Waals surface area contributed by atoms with Gasteiger partial charge in [-0.3, -0.25) is 4.98 Å². The Bertz CT molecular complexity index is 563. The molecule has 0 bridgehead atoms. The molecular formula is C18H22N2. The van der Waals surface area contributed by atoms with Gasteiger partial charge >= 0.3 is 0 Å². The Labute approximate surface area is 121 Å². The van der Waals surface area contributed by atoms with Gasteiger partial charge in [-0.05, 0) is 55.6 Å². The first-order valence-electron chi connectivity index (χ1n) is 7.38. The molecular weight excluding hydrogens is 244 g/mol. The average Bonchev–Trinajstić information content (AvgIpc) is 2.47. The van der Waals surface area contributed by atoms with Crippen molar-refractivity contribution in [2.75, 3.05) is 20.6 Å². The van der Waals surface area contributed by atoms with E-state index < -0.39 is 0 Å². The lowest BCUT2D eigenvalue weighted by molar-refractivity contribution is 0.282. The van der Waals surface area contributed by atoms with Crippen molar-refractivity contribution < 1.29 is 0 Å². The lowest BCUT2D eigenvalue weighted by Gasteiger charge is -2.35. The molecule has 104 valence electrons. The van der Waals surface area contributed by atoms with E-state index >= 15 is 0 Å². The van der Waals surface area contributed by atoms with Crippen molar-refractivity contribution in [2.24, 2.45) is 5.92 Å². The van der Waals surface area contributed by atoms with Crippen LogP contribution in [0.2, 0.25) is 0 Å². The van der Waals surface area contributed by atoms with Crippen LogP contribution in [0.5, 0.6) is 0 Å². The molecule has 1 aliphatic rings. The van der Waals surface area contributed by atoms with Crippen LogP contribution < -0.4 is 0 Å². The van der Waals surface area contributed by atoms with Gasteiger partial charge in [-0.25, -0.2) is 0 Å². The summed E-state index contributed by atoms with van der Waals surface area (Å²) in [4.78, 5) is 6.64. The van der Waals surface area contributed by atoms with E-state index in [1.807, 2.05) is 12.4 Å². The molecule has 2 unspecified atom stereocenters. The highest BCUT2D eigenvalue weighted by Gasteiger charge is 2.30. The van der Waals surface area contributed by atoms with E-state index in [9.17, 15) is 0 Å². The van der Waals surface area contributed by atoms with Crippen molar-refractivity contribution in [3.8, 4) is 0 Å². The maximum Gasteiger partial charge on any atom is 0.0306 e. The third-order valence-electron chi connectivity index (χ3n) is 4.29. The van der Waals surface area contributed by atoms with E-state index in [0.717, 1.165) is 6.54 Å². The summed E-state index contributed by atoms with van der Waals surface area (Å²) < 4.78 is 0. The number of pyridine rings is 1. The Morgan fingerprint density at radius 1 is 1.15 bits per heavy atom. The number of hydrogen-bond acceptors (Lipinski definition) is 2. The Hall–Kier alpha value is -1.67. The SMILES string of the molecule is CN(C)CC1CCc2ccccc2C1c1cccnc1. The van der Waals surface area contributed by atoms with E-state index in [2.05, 4.69) is 60.4 Å². The third-order valence-corrected chi connectivity index (χ3v) is 4.29. The van der Waals surface area contributed by atoms with Crippen molar-refractivity contribution in [2.45, 2.75) is 18.8 Å². The van der Waals surface area contributed by atoms with Gasteiger partial charge in [0.2, 0.25) is 0 Å². The molecule has 0 N–H and O–H groups in total. The maximum absolute atomic E-state index is 4.33. The number of nitrogens with zero attached hydrogens (tertiary/aromatic N) is 2. The van der Waals surface area contributed by atoms with Crippen LogP contribution in [0.1, 0.15) is 29.0 Å². The number of fused-ring (bicyclic) bond motifs is 1. The number of aromatic nitrogens is 1. The first kappa shape index (κ1) is 13.3. The second kappa shape index (κ2) is 5.76. The summed E-state index contributed by atoms with van der Waals surface area (Å²) in [6.45, 7) is 1.13. The minimum absolute atomic E-state index is 0.482. The lowest BCUT2D eigenvalue weighted by atomic mass is 9.72. The van der Waals surface area contributed by atoms with Gasteiger partial charge in [0.25, 0.3) is 0 Å². The van der Waals surface area contributed by atoms with Crippen LogP contribution in [0, 0.1) is 5.92 Å². The van der Waals surface area contributed by atoms with E-state index in [4.69, 9.17) is 0 Å². The molecule has 2 nitrogen and oxygen atoms in total. The molecule has 0 aliphatic heterocycles. The summed E-state index contributed by atoms with van der Waals surface area (Å²) >= 11 is 0. The van der Waals surface area contributed by atoms with Crippen LogP contribution >= 0.6 is 0 Å². The van der Waals surface area contributed by atoms with Gasteiger partial charge in [0, 0.05) is 24.9 Å². The van der Waals surface area contributed by atoms with Crippen molar-refractivity contribution in [3.05, 3.63) is 65.5 Å². The van der Waals surface area contributed by atoms with Crippen molar-refractivity contribution in [1.29, 1.82) is 0 Å². The first-order chi connectivity index (χ1) is 9.75. The van der Waals surface area contributed by atoms with E-state index in [1.54, 1.807) is 0 Å². The molecule has 0 spiro atoms. The van der Waals surface area contributed by atoms with Crippen molar-refractivity contribution >= 4 is 0 Å². The van der Waals surface area contributed by atoms with Crippen LogP contribution in [0.15, 0.2) is 48.8 Å².